The molecule has 0 aliphatic carbocycles. The van der Waals surface area contributed by atoms with Crippen LogP contribution in [0, 0.1) is 0 Å². The fourth-order valence-electron chi connectivity index (χ4n) is 2.91. The van der Waals surface area contributed by atoms with Gasteiger partial charge in [0.05, 0.1) is 12.1 Å². The normalized spacial score (nSPS) is 16.3. The van der Waals surface area contributed by atoms with E-state index in [1.807, 2.05) is 35.2 Å². The van der Waals surface area contributed by atoms with Gasteiger partial charge in [0, 0.05) is 24.5 Å². The third-order valence-corrected chi connectivity index (χ3v) is 4.13. The number of carbonyl (C=O) groups is 2. The Morgan fingerprint density at radius 2 is 1.91 bits per heavy atom. The summed E-state index contributed by atoms with van der Waals surface area (Å²) in [5, 5.41) is 4.05. The van der Waals surface area contributed by atoms with E-state index in [0.29, 0.717) is 5.69 Å². The molecule has 1 saturated heterocycles. The molecule has 6 nitrogen and oxygen atoms in total. The Bertz CT molecular complexity index is 723. The maximum Gasteiger partial charge on any atom is 0.270 e. The van der Waals surface area contributed by atoms with E-state index < -0.39 is 0 Å². The molecular weight excluding hydrogens is 292 g/mol. The van der Waals surface area contributed by atoms with Crippen molar-refractivity contribution >= 4 is 22.7 Å². The molecule has 1 fully saturated rings. The molecule has 0 unspecified atom stereocenters. The zero-order valence-electron chi connectivity index (χ0n) is 12.9. The maximum absolute atomic E-state index is 12.4. The second kappa shape index (κ2) is 6.75. The molecule has 2 heterocycles. The van der Waals surface area contributed by atoms with Crippen LogP contribution in [0.3, 0.4) is 0 Å². The average molecular weight is 312 g/mol. The van der Waals surface area contributed by atoms with Gasteiger partial charge in [-0.15, -0.1) is 0 Å². The van der Waals surface area contributed by atoms with Gasteiger partial charge in [-0.1, -0.05) is 24.3 Å². The second-order valence-electron chi connectivity index (χ2n) is 5.88. The van der Waals surface area contributed by atoms with E-state index in [1.165, 1.54) is 0 Å². The predicted molar refractivity (Wildman–Crippen MR) is 87.9 cm³/mol. The van der Waals surface area contributed by atoms with Crippen molar-refractivity contribution in [1.82, 2.24) is 15.2 Å². The minimum Gasteiger partial charge on any atom is -0.369 e. The summed E-state index contributed by atoms with van der Waals surface area (Å²) in [5.41, 5.74) is 6.45. The Balaban J connectivity index is 1.59. The largest absolute Gasteiger partial charge is 0.369 e. The summed E-state index contributed by atoms with van der Waals surface area (Å²) in [4.78, 5) is 29.7. The van der Waals surface area contributed by atoms with Gasteiger partial charge in [0.25, 0.3) is 5.91 Å². The smallest absolute Gasteiger partial charge is 0.270 e. The van der Waals surface area contributed by atoms with Crippen molar-refractivity contribution in [2.45, 2.75) is 18.9 Å². The average Bonchev–Trinajstić information content (AvgIpc) is 2.55. The number of nitrogens with two attached hydrogens (primary N) is 1. The van der Waals surface area contributed by atoms with E-state index in [1.54, 1.807) is 6.07 Å². The first-order chi connectivity index (χ1) is 11.1. The quantitative estimate of drug-likeness (QED) is 0.878. The number of para-hydroxylation sites is 1. The number of hydrogen-bond donors (Lipinski definition) is 2. The molecule has 0 radical (unpaired) electrons. The SMILES string of the molecule is NC(=O)CN1CCC(NC(=O)c2ccc3ccccc3n2)CC1. The van der Waals surface area contributed by atoms with Crippen LogP contribution < -0.4 is 11.1 Å². The number of nitrogens with zero attached hydrogens (tertiary/aromatic N) is 2. The number of primary amides is 1. The lowest BCUT2D eigenvalue weighted by atomic mass is 10.0. The first-order valence-corrected chi connectivity index (χ1v) is 7.79. The summed E-state index contributed by atoms with van der Waals surface area (Å²) < 4.78 is 0. The molecule has 0 atom stereocenters. The fourth-order valence-corrected chi connectivity index (χ4v) is 2.91. The van der Waals surface area contributed by atoms with E-state index in [4.69, 9.17) is 5.73 Å². The molecule has 0 saturated carbocycles. The number of aromatic nitrogens is 1. The van der Waals surface area contributed by atoms with Crippen molar-refractivity contribution in [3.63, 3.8) is 0 Å². The van der Waals surface area contributed by atoms with Crippen molar-refractivity contribution in [2.75, 3.05) is 19.6 Å². The molecule has 1 aromatic carbocycles. The van der Waals surface area contributed by atoms with E-state index in [-0.39, 0.29) is 24.4 Å². The molecule has 120 valence electrons. The number of benzene rings is 1. The Hall–Kier alpha value is -2.47. The van der Waals surface area contributed by atoms with Crippen LogP contribution in [0.5, 0.6) is 0 Å². The van der Waals surface area contributed by atoms with Crippen LogP contribution in [0.15, 0.2) is 36.4 Å². The Kier molecular flexibility index (Phi) is 4.52. The Morgan fingerprint density at radius 1 is 1.17 bits per heavy atom. The molecule has 2 aromatic rings. The minimum atomic E-state index is -0.312. The van der Waals surface area contributed by atoms with E-state index in [9.17, 15) is 9.59 Å². The van der Waals surface area contributed by atoms with Crippen LogP contribution in [0.4, 0.5) is 0 Å². The number of fused-ring (bicyclic) bond motifs is 1. The standard InChI is InChI=1S/C17H20N4O2/c18-16(22)11-21-9-7-13(8-10-21)19-17(23)15-6-5-12-3-1-2-4-14(12)20-15/h1-6,13H,7-11H2,(H2,18,22)(H,19,23). The van der Waals surface area contributed by atoms with Gasteiger partial charge in [-0.25, -0.2) is 4.98 Å². The van der Waals surface area contributed by atoms with Crippen molar-refractivity contribution in [1.29, 1.82) is 0 Å². The Morgan fingerprint density at radius 3 is 2.65 bits per heavy atom. The highest BCUT2D eigenvalue weighted by molar-refractivity contribution is 5.95. The number of carbonyl (C=O) groups excluding carboxylic acids is 2. The van der Waals surface area contributed by atoms with Gasteiger partial charge in [-0.2, -0.15) is 0 Å². The highest BCUT2D eigenvalue weighted by atomic mass is 16.2. The summed E-state index contributed by atoms with van der Waals surface area (Å²) in [5.74, 6) is -0.461. The fraction of sp³-hybridized carbons (Fsp3) is 0.353. The Labute approximate surface area is 134 Å². The molecular formula is C17H20N4O2. The van der Waals surface area contributed by atoms with Crippen LogP contribution in [-0.2, 0) is 4.79 Å². The van der Waals surface area contributed by atoms with Gasteiger partial charge >= 0.3 is 0 Å². The summed E-state index contributed by atoms with van der Waals surface area (Å²) in [6.07, 6.45) is 1.62. The number of hydrogen-bond acceptors (Lipinski definition) is 4. The van der Waals surface area contributed by atoms with Crippen LogP contribution >= 0.6 is 0 Å². The van der Waals surface area contributed by atoms with E-state index >= 15 is 0 Å². The lowest BCUT2D eigenvalue weighted by molar-refractivity contribution is -0.119. The zero-order valence-corrected chi connectivity index (χ0v) is 12.9. The summed E-state index contributed by atoms with van der Waals surface area (Å²) in [6.45, 7) is 1.81. The molecule has 1 aromatic heterocycles. The number of likely N-dealkylation sites (tertiary alicyclic amines) is 1. The molecule has 3 N–H and O–H groups in total. The van der Waals surface area contributed by atoms with Crippen LogP contribution in [0.1, 0.15) is 23.3 Å². The van der Waals surface area contributed by atoms with Crippen molar-refractivity contribution < 1.29 is 9.59 Å². The third-order valence-electron chi connectivity index (χ3n) is 4.13. The molecule has 6 heteroatoms. The van der Waals surface area contributed by atoms with Crippen LogP contribution in [0.2, 0.25) is 0 Å². The maximum atomic E-state index is 12.4. The first kappa shape index (κ1) is 15.4. The third kappa shape index (κ3) is 3.84. The van der Waals surface area contributed by atoms with Gasteiger partial charge in [-0.05, 0) is 25.0 Å². The number of nitrogens with one attached hydrogen (secondary N) is 1. The lowest BCUT2D eigenvalue weighted by Gasteiger charge is -2.31. The number of amides is 2. The molecule has 1 aliphatic rings. The highest BCUT2D eigenvalue weighted by Crippen LogP contribution is 2.13. The van der Waals surface area contributed by atoms with Crippen molar-refractivity contribution in [3.8, 4) is 0 Å². The monoisotopic (exact) mass is 312 g/mol. The van der Waals surface area contributed by atoms with E-state index in [2.05, 4.69) is 10.3 Å². The zero-order chi connectivity index (χ0) is 16.2. The first-order valence-electron chi connectivity index (χ1n) is 7.79. The molecule has 0 spiro atoms. The molecule has 0 bridgehead atoms. The lowest BCUT2D eigenvalue weighted by Crippen LogP contribution is -2.46. The summed E-state index contributed by atoms with van der Waals surface area (Å²) in [6, 6.07) is 11.5. The van der Waals surface area contributed by atoms with Gasteiger partial charge in [-0.3, -0.25) is 14.5 Å². The molecule has 2 amide bonds. The number of rotatable bonds is 4. The highest BCUT2D eigenvalue weighted by Gasteiger charge is 2.22. The van der Waals surface area contributed by atoms with Crippen LogP contribution in [-0.4, -0.2) is 47.4 Å². The van der Waals surface area contributed by atoms with Gasteiger partial charge in [0.15, 0.2) is 0 Å². The molecule has 3 rings (SSSR count). The topological polar surface area (TPSA) is 88.3 Å². The van der Waals surface area contributed by atoms with Gasteiger partial charge in [0.2, 0.25) is 5.91 Å². The summed E-state index contributed by atoms with van der Waals surface area (Å²) in [7, 11) is 0. The van der Waals surface area contributed by atoms with Crippen LogP contribution in [0.25, 0.3) is 10.9 Å². The minimum absolute atomic E-state index is 0.111. The van der Waals surface area contributed by atoms with Crippen molar-refractivity contribution in [2.24, 2.45) is 5.73 Å². The van der Waals surface area contributed by atoms with E-state index in [0.717, 1.165) is 36.8 Å². The molecule has 1 aliphatic heterocycles. The summed E-state index contributed by atoms with van der Waals surface area (Å²) >= 11 is 0. The van der Waals surface area contributed by atoms with Gasteiger partial charge in [0.1, 0.15) is 5.69 Å². The van der Waals surface area contributed by atoms with Crippen molar-refractivity contribution in [3.05, 3.63) is 42.1 Å². The van der Waals surface area contributed by atoms with Gasteiger partial charge < -0.3 is 11.1 Å². The number of pyridine rings is 1. The second-order valence-corrected chi connectivity index (χ2v) is 5.88. The predicted octanol–water partition coefficient (Wildman–Crippen LogP) is 0.914. The molecule has 23 heavy (non-hydrogen) atoms. The number of piperidine rings is 1.